The van der Waals surface area contributed by atoms with Crippen LogP contribution in [-0.2, 0) is 30.4 Å². The molecule has 4 N–H and O–H groups in total. The molecule has 1 aromatic heterocycles. The fourth-order valence-electron chi connectivity index (χ4n) is 7.37. The SMILES string of the molecule is COc1cc(N=Nc2ccc(N=Nc3ccc(N=Nc4ccccc4S(=O)(=O)O)cc3C)c(C)c2)ccc1N=Nc1ccc2cc(-n3nc4ccc5c(S(=O)(=O)O)cc(S(=O)(=O)O)cc5c4n3)ccc2c1O. The molecule has 0 saturated carbocycles. The van der Waals surface area contributed by atoms with E-state index in [1.54, 1.807) is 91.0 Å². The zero-order chi connectivity index (χ0) is 51.1. The zero-order valence-corrected chi connectivity index (χ0v) is 39.9. The number of methoxy groups -OCH3 is 1. The average Bonchev–Trinajstić information content (AvgIpc) is 3.79. The number of rotatable bonds is 13. The molecule has 362 valence electrons. The highest BCUT2D eigenvalue weighted by Crippen LogP contribution is 2.40. The van der Waals surface area contributed by atoms with Crippen LogP contribution in [-0.4, -0.2) is 66.1 Å². The summed E-state index contributed by atoms with van der Waals surface area (Å²) in [5.74, 6) is 0.154. The summed E-state index contributed by atoms with van der Waals surface area (Å²) in [7, 11) is -12.8. The van der Waals surface area contributed by atoms with Crippen molar-refractivity contribution in [2.75, 3.05) is 7.11 Å². The van der Waals surface area contributed by atoms with E-state index >= 15 is 0 Å². The maximum Gasteiger partial charge on any atom is 0.296 e. The number of aromatic nitrogens is 3. The van der Waals surface area contributed by atoms with Gasteiger partial charge in [-0.2, -0.15) is 55.6 Å². The predicted octanol–water partition coefficient (Wildman–Crippen LogP) is 12.5. The average molecular weight is 1030 g/mol. The Morgan fingerprint density at radius 3 is 1.67 bits per heavy atom. The Bertz CT molecular complexity index is 4180. The third-order valence-electron chi connectivity index (χ3n) is 10.9. The lowest BCUT2D eigenvalue weighted by molar-refractivity contribution is 0.416. The van der Waals surface area contributed by atoms with Crippen molar-refractivity contribution >= 4 is 108 Å². The summed E-state index contributed by atoms with van der Waals surface area (Å²) in [5, 5.41) is 55.3. The molecule has 9 rings (SSSR count). The van der Waals surface area contributed by atoms with Crippen LogP contribution in [0.15, 0.2) is 189 Å². The molecular weight excluding hydrogens is 991 g/mol. The molecule has 22 nitrogen and oxygen atoms in total. The largest absolute Gasteiger partial charge is 0.505 e. The van der Waals surface area contributed by atoms with Crippen LogP contribution in [0.25, 0.3) is 38.3 Å². The topological polar surface area (TPSA) is 322 Å². The summed E-state index contributed by atoms with van der Waals surface area (Å²) in [6, 6.07) is 33.6. The standard InChI is InChI=1S/C47H35N11O11S3/c1-26-20-29(9-16-37(26)51-52-38-17-10-30(21-27(38)2)50-54-40-6-4-5-7-44(40)71(63,64)65)48-49-31-11-18-39(43(23-31)69-3)53-55-42-15-8-28-22-32(12-13-34(28)47(42)59)58-56-41-19-14-35-36(46(41)57-58)24-33(70(60,61)62)25-45(35)72(66,67)68/h4-25,59H,1-3H3,(H,60,61,62)(H,63,64,65)(H,66,67,68). The molecule has 0 fully saturated rings. The van der Waals surface area contributed by atoms with Gasteiger partial charge in [0.1, 0.15) is 43.6 Å². The summed E-state index contributed by atoms with van der Waals surface area (Å²) >= 11 is 0. The molecule has 0 amide bonds. The summed E-state index contributed by atoms with van der Waals surface area (Å²) < 4.78 is 106. The Balaban J connectivity index is 0.880. The number of aryl methyl sites for hydroxylation is 2. The molecule has 0 bridgehead atoms. The maximum atomic E-state index is 12.2. The van der Waals surface area contributed by atoms with E-state index in [9.17, 15) is 44.0 Å². The van der Waals surface area contributed by atoms with E-state index in [-0.39, 0.29) is 43.8 Å². The molecule has 0 aliphatic heterocycles. The Labute approximate surface area is 408 Å². The first kappa shape index (κ1) is 48.4. The molecule has 0 radical (unpaired) electrons. The summed E-state index contributed by atoms with van der Waals surface area (Å²) in [6.45, 7) is 3.67. The number of aromatic hydroxyl groups is 1. The van der Waals surface area contributed by atoms with E-state index in [0.29, 0.717) is 62.4 Å². The van der Waals surface area contributed by atoms with Gasteiger partial charge < -0.3 is 9.84 Å². The number of ether oxygens (including phenoxy) is 1. The number of fused-ring (bicyclic) bond motifs is 4. The Morgan fingerprint density at radius 2 is 1.04 bits per heavy atom. The second-order valence-electron chi connectivity index (χ2n) is 15.8. The van der Waals surface area contributed by atoms with Crippen LogP contribution < -0.4 is 4.74 Å². The van der Waals surface area contributed by atoms with Crippen molar-refractivity contribution in [3.8, 4) is 17.2 Å². The van der Waals surface area contributed by atoms with Crippen molar-refractivity contribution in [1.29, 1.82) is 0 Å². The monoisotopic (exact) mass is 1030 g/mol. The number of hydrogen-bond donors (Lipinski definition) is 4. The molecule has 25 heteroatoms. The molecule has 72 heavy (non-hydrogen) atoms. The van der Waals surface area contributed by atoms with Gasteiger partial charge in [0, 0.05) is 22.2 Å². The van der Waals surface area contributed by atoms with Gasteiger partial charge in [-0.3, -0.25) is 13.7 Å². The molecule has 0 aliphatic carbocycles. The van der Waals surface area contributed by atoms with E-state index in [0.717, 1.165) is 17.2 Å². The fraction of sp³-hybridized carbons (Fsp3) is 0.0638. The van der Waals surface area contributed by atoms with Crippen LogP contribution in [0.3, 0.4) is 0 Å². The van der Waals surface area contributed by atoms with Gasteiger partial charge in [0.25, 0.3) is 30.4 Å². The predicted molar refractivity (Wildman–Crippen MR) is 263 cm³/mol. The molecule has 9 aromatic rings. The van der Waals surface area contributed by atoms with Crippen LogP contribution >= 0.6 is 0 Å². The van der Waals surface area contributed by atoms with Gasteiger partial charge in [-0.05, 0) is 133 Å². The normalized spacial score (nSPS) is 12.8. The van der Waals surface area contributed by atoms with E-state index in [1.165, 1.54) is 42.2 Å². The highest BCUT2D eigenvalue weighted by molar-refractivity contribution is 7.87. The number of nitrogens with zero attached hydrogens (tertiary/aromatic N) is 11. The Kier molecular flexibility index (Phi) is 12.8. The van der Waals surface area contributed by atoms with Crippen molar-refractivity contribution < 1.29 is 48.8 Å². The number of azo groups is 4. The van der Waals surface area contributed by atoms with Crippen LogP contribution in [0.2, 0.25) is 0 Å². The fourth-order valence-corrected chi connectivity index (χ4v) is 9.33. The highest BCUT2D eigenvalue weighted by Gasteiger charge is 2.23. The molecule has 0 saturated heterocycles. The molecule has 0 aliphatic rings. The molecule has 0 atom stereocenters. The summed E-state index contributed by atoms with van der Waals surface area (Å²) in [5.41, 5.74) is 5.36. The minimum Gasteiger partial charge on any atom is -0.505 e. The second-order valence-corrected chi connectivity index (χ2v) is 20.0. The van der Waals surface area contributed by atoms with Gasteiger partial charge in [0.2, 0.25) is 0 Å². The first-order valence-corrected chi connectivity index (χ1v) is 25.2. The Morgan fingerprint density at radius 1 is 0.486 bits per heavy atom. The van der Waals surface area contributed by atoms with Crippen LogP contribution in [0.1, 0.15) is 11.1 Å². The molecular formula is C47H35N11O11S3. The first-order valence-electron chi connectivity index (χ1n) is 20.9. The molecule has 0 unspecified atom stereocenters. The third-order valence-corrected chi connectivity index (χ3v) is 13.6. The van der Waals surface area contributed by atoms with E-state index in [2.05, 4.69) is 51.1 Å². The van der Waals surface area contributed by atoms with Crippen molar-refractivity contribution in [3.63, 3.8) is 0 Å². The summed E-state index contributed by atoms with van der Waals surface area (Å²) in [4.78, 5) is -0.616. The van der Waals surface area contributed by atoms with Crippen molar-refractivity contribution in [2.45, 2.75) is 28.5 Å². The molecule has 8 aromatic carbocycles. The van der Waals surface area contributed by atoms with Crippen molar-refractivity contribution in [3.05, 3.63) is 145 Å². The van der Waals surface area contributed by atoms with E-state index < -0.39 is 40.1 Å². The third kappa shape index (κ3) is 10.2. The van der Waals surface area contributed by atoms with E-state index in [4.69, 9.17) is 4.74 Å². The molecule has 1 heterocycles. The van der Waals surface area contributed by atoms with E-state index in [1.807, 2.05) is 13.8 Å². The zero-order valence-electron chi connectivity index (χ0n) is 37.5. The quantitative estimate of drug-likeness (QED) is 0.0617. The van der Waals surface area contributed by atoms with Gasteiger partial charge in [-0.25, -0.2) is 0 Å². The number of benzene rings is 8. The van der Waals surface area contributed by atoms with Gasteiger partial charge in [-0.15, -0.1) is 25.5 Å². The first-order chi connectivity index (χ1) is 34.2. The van der Waals surface area contributed by atoms with Crippen LogP contribution in [0.4, 0.5) is 45.5 Å². The van der Waals surface area contributed by atoms with Gasteiger partial charge in [0.15, 0.2) is 5.75 Å². The number of phenols is 1. The van der Waals surface area contributed by atoms with Gasteiger partial charge in [-0.1, -0.05) is 24.3 Å². The lowest BCUT2D eigenvalue weighted by atomic mass is 10.1. The number of hydrogen-bond acceptors (Lipinski definition) is 18. The lowest BCUT2D eigenvalue weighted by Crippen LogP contribution is -2.04. The Hall–Kier alpha value is -8.59. The van der Waals surface area contributed by atoms with Crippen LogP contribution in [0.5, 0.6) is 11.5 Å². The number of phenolic OH excluding ortho intramolecular Hbond substituents is 1. The lowest BCUT2D eigenvalue weighted by Gasteiger charge is -2.07. The second kappa shape index (κ2) is 19.0. The minimum atomic E-state index is -4.91. The highest BCUT2D eigenvalue weighted by atomic mass is 32.2. The van der Waals surface area contributed by atoms with Gasteiger partial charge in [0.05, 0.1) is 46.1 Å². The maximum absolute atomic E-state index is 12.2. The van der Waals surface area contributed by atoms with Crippen LogP contribution in [0, 0.1) is 13.8 Å². The molecule has 0 spiro atoms. The summed E-state index contributed by atoms with van der Waals surface area (Å²) in [6.07, 6.45) is 0. The smallest absolute Gasteiger partial charge is 0.296 e. The van der Waals surface area contributed by atoms with Crippen molar-refractivity contribution in [2.24, 2.45) is 40.9 Å². The van der Waals surface area contributed by atoms with Crippen molar-refractivity contribution in [1.82, 2.24) is 15.0 Å². The minimum absolute atomic E-state index is 0.00143. The van der Waals surface area contributed by atoms with Gasteiger partial charge >= 0.3 is 0 Å².